The number of pyridine rings is 1. The minimum atomic E-state index is -0.379. The predicted octanol–water partition coefficient (Wildman–Crippen LogP) is 1.40. The van der Waals surface area contributed by atoms with E-state index in [9.17, 15) is 4.79 Å². The van der Waals surface area contributed by atoms with Gasteiger partial charge >= 0.3 is 0 Å². The number of hydrogen-bond acceptors (Lipinski definition) is 3. The number of thiophene rings is 1. The van der Waals surface area contributed by atoms with Crippen LogP contribution < -0.4 is 5.73 Å². The van der Waals surface area contributed by atoms with E-state index in [4.69, 9.17) is 5.73 Å². The van der Waals surface area contributed by atoms with Gasteiger partial charge in [0.25, 0.3) is 5.91 Å². The van der Waals surface area contributed by atoms with Crippen molar-refractivity contribution in [2.75, 3.05) is 0 Å². The van der Waals surface area contributed by atoms with Crippen LogP contribution in [0.2, 0.25) is 0 Å². The highest BCUT2D eigenvalue weighted by atomic mass is 32.1. The summed E-state index contributed by atoms with van der Waals surface area (Å²) in [5.41, 5.74) is 5.13. The van der Waals surface area contributed by atoms with E-state index >= 15 is 0 Å². The van der Waals surface area contributed by atoms with Gasteiger partial charge in [-0.15, -0.1) is 11.3 Å². The quantitative estimate of drug-likeness (QED) is 0.717. The first kappa shape index (κ1) is 7.24. The molecule has 60 valence electrons. The Morgan fingerprint density at radius 2 is 2.42 bits per heavy atom. The standard InChI is InChI=1S/C8H6N2OS/c9-8(11)7-3-5-4-10-2-1-6(5)12-7/h1-4H,(H2,9,11). The molecule has 1 amide bonds. The SMILES string of the molecule is NC(=O)c1cc2cnccc2s1. The molecule has 12 heavy (non-hydrogen) atoms. The number of nitrogens with two attached hydrogens (primary N) is 1. The molecule has 2 aromatic rings. The first-order chi connectivity index (χ1) is 5.77. The van der Waals surface area contributed by atoms with Crippen LogP contribution in [-0.2, 0) is 0 Å². The van der Waals surface area contributed by atoms with E-state index < -0.39 is 0 Å². The summed E-state index contributed by atoms with van der Waals surface area (Å²) in [4.78, 5) is 15.3. The molecule has 4 heteroatoms. The predicted molar refractivity (Wildman–Crippen MR) is 48.1 cm³/mol. The third kappa shape index (κ3) is 1.06. The summed E-state index contributed by atoms with van der Waals surface area (Å²) in [5, 5.41) is 0.969. The van der Waals surface area contributed by atoms with Crippen LogP contribution in [0.15, 0.2) is 24.5 Å². The highest BCUT2D eigenvalue weighted by molar-refractivity contribution is 7.20. The monoisotopic (exact) mass is 178 g/mol. The zero-order valence-corrected chi connectivity index (χ0v) is 6.97. The minimum absolute atomic E-state index is 0.379. The number of amides is 1. The van der Waals surface area contributed by atoms with Crippen LogP contribution in [0.1, 0.15) is 9.67 Å². The summed E-state index contributed by atoms with van der Waals surface area (Å²) in [7, 11) is 0. The zero-order chi connectivity index (χ0) is 8.55. The molecule has 0 fully saturated rings. The van der Waals surface area contributed by atoms with E-state index in [0.29, 0.717) is 4.88 Å². The van der Waals surface area contributed by atoms with Gasteiger partial charge in [-0.05, 0) is 12.1 Å². The molecule has 0 saturated carbocycles. The van der Waals surface area contributed by atoms with Gasteiger partial charge in [-0.1, -0.05) is 0 Å². The van der Waals surface area contributed by atoms with Crippen LogP contribution in [0.25, 0.3) is 10.1 Å². The Labute approximate surface area is 72.8 Å². The second-order valence-corrected chi connectivity index (χ2v) is 3.47. The van der Waals surface area contributed by atoms with Crippen molar-refractivity contribution >= 4 is 27.3 Å². The molecule has 2 N–H and O–H groups in total. The lowest BCUT2D eigenvalue weighted by Crippen LogP contribution is -2.07. The molecule has 2 heterocycles. The molecule has 2 rings (SSSR count). The molecule has 0 aromatic carbocycles. The van der Waals surface area contributed by atoms with E-state index in [1.807, 2.05) is 6.07 Å². The van der Waals surface area contributed by atoms with E-state index in [1.165, 1.54) is 11.3 Å². The third-order valence-electron chi connectivity index (χ3n) is 1.56. The normalized spacial score (nSPS) is 10.3. The van der Waals surface area contributed by atoms with Crippen LogP contribution in [0.5, 0.6) is 0 Å². The highest BCUT2D eigenvalue weighted by Crippen LogP contribution is 2.23. The minimum Gasteiger partial charge on any atom is -0.365 e. The van der Waals surface area contributed by atoms with Gasteiger partial charge in [-0.2, -0.15) is 0 Å². The Morgan fingerprint density at radius 1 is 1.58 bits per heavy atom. The average Bonchev–Trinajstić information content (AvgIpc) is 2.46. The Morgan fingerprint density at radius 3 is 3.08 bits per heavy atom. The lowest BCUT2D eigenvalue weighted by atomic mass is 10.3. The number of aromatic nitrogens is 1. The van der Waals surface area contributed by atoms with Crippen LogP contribution >= 0.6 is 11.3 Å². The Balaban J connectivity index is 2.70. The molecular weight excluding hydrogens is 172 g/mol. The molecule has 0 atom stereocenters. The third-order valence-corrected chi connectivity index (χ3v) is 2.69. The van der Waals surface area contributed by atoms with Crippen LogP contribution in [0.4, 0.5) is 0 Å². The van der Waals surface area contributed by atoms with E-state index in [2.05, 4.69) is 4.98 Å². The maximum absolute atomic E-state index is 10.8. The van der Waals surface area contributed by atoms with Crippen molar-refractivity contribution in [3.05, 3.63) is 29.4 Å². The Kier molecular flexibility index (Phi) is 1.55. The van der Waals surface area contributed by atoms with Crippen molar-refractivity contribution in [2.45, 2.75) is 0 Å². The molecule has 0 saturated heterocycles. The lowest BCUT2D eigenvalue weighted by molar-refractivity contribution is 0.100. The number of rotatable bonds is 1. The van der Waals surface area contributed by atoms with Gasteiger partial charge in [0.1, 0.15) is 0 Å². The fraction of sp³-hybridized carbons (Fsp3) is 0. The second-order valence-electron chi connectivity index (χ2n) is 2.39. The highest BCUT2D eigenvalue weighted by Gasteiger charge is 2.04. The number of primary amides is 1. The van der Waals surface area contributed by atoms with Crippen LogP contribution in [0.3, 0.4) is 0 Å². The van der Waals surface area contributed by atoms with Crippen molar-refractivity contribution in [1.29, 1.82) is 0 Å². The van der Waals surface area contributed by atoms with Gasteiger partial charge in [0.05, 0.1) is 4.88 Å². The van der Waals surface area contributed by atoms with Gasteiger partial charge in [-0.25, -0.2) is 0 Å². The summed E-state index contributed by atoms with van der Waals surface area (Å²) in [6.45, 7) is 0. The first-order valence-corrected chi connectivity index (χ1v) is 4.22. The number of fused-ring (bicyclic) bond motifs is 1. The maximum Gasteiger partial charge on any atom is 0.258 e. The number of hydrogen-bond donors (Lipinski definition) is 1. The first-order valence-electron chi connectivity index (χ1n) is 3.41. The zero-order valence-electron chi connectivity index (χ0n) is 6.15. The molecule has 3 nitrogen and oxygen atoms in total. The summed E-state index contributed by atoms with van der Waals surface area (Å²) in [6, 6.07) is 3.63. The van der Waals surface area contributed by atoms with Gasteiger partial charge in [-0.3, -0.25) is 9.78 Å². The van der Waals surface area contributed by atoms with E-state index in [1.54, 1.807) is 18.5 Å². The molecular formula is C8H6N2OS. The number of carbonyl (C=O) groups is 1. The molecule has 0 radical (unpaired) electrons. The number of carbonyl (C=O) groups excluding carboxylic acids is 1. The van der Waals surface area contributed by atoms with Gasteiger partial charge in [0.15, 0.2) is 0 Å². The topological polar surface area (TPSA) is 56.0 Å². The van der Waals surface area contributed by atoms with Crippen molar-refractivity contribution in [2.24, 2.45) is 5.73 Å². The van der Waals surface area contributed by atoms with Crippen molar-refractivity contribution in [3.8, 4) is 0 Å². The van der Waals surface area contributed by atoms with Crippen molar-refractivity contribution in [3.63, 3.8) is 0 Å². The summed E-state index contributed by atoms with van der Waals surface area (Å²) < 4.78 is 1.04. The summed E-state index contributed by atoms with van der Waals surface area (Å²) in [6.07, 6.45) is 3.42. The van der Waals surface area contributed by atoms with Crippen LogP contribution in [0, 0.1) is 0 Å². The Hall–Kier alpha value is -1.42. The van der Waals surface area contributed by atoms with E-state index in [-0.39, 0.29) is 5.91 Å². The molecule has 0 aliphatic heterocycles. The van der Waals surface area contributed by atoms with Crippen molar-refractivity contribution < 1.29 is 4.79 Å². The van der Waals surface area contributed by atoms with Gasteiger partial charge in [0.2, 0.25) is 0 Å². The van der Waals surface area contributed by atoms with Gasteiger partial charge < -0.3 is 5.73 Å². The largest absolute Gasteiger partial charge is 0.365 e. The summed E-state index contributed by atoms with van der Waals surface area (Å²) in [5.74, 6) is -0.379. The summed E-state index contributed by atoms with van der Waals surface area (Å²) >= 11 is 1.39. The fourth-order valence-electron chi connectivity index (χ4n) is 1.01. The molecule has 0 unspecified atom stereocenters. The number of nitrogens with zero attached hydrogens (tertiary/aromatic N) is 1. The fourth-order valence-corrected chi connectivity index (χ4v) is 1.89. The Bertz CT molecular complexity index is 402. The molecule has 2 aromatic heterocycles. The van der Waals surface area contributed by atoms with Gasteiger partial charge in [0, 0.05) is 22.5 Å². The van der Waals surface area contributed by atoms with Crippen LogP contribution in [-0.4, -0.2) is 10.9 Å². The lowest BCUT2D eigenvalue weighted by Gasteiger charge is -1.81. The maximum atomic E-state index is 10.8. The molecule has 0 spiro atoms. The smallest absolute Gasteiger partial charge is 0.258 e. The average molecular weight is 178 g/mol. The molecule has 0 aliphatic rings. The molecule has 0 aliphatic carbocycles. The second kappa shape index (κ2) is 2.57. The molecule has 0 bridgehead atoms. The van der Waals surface area contributed by atoms with E-state index in [0.717, 1.165) is 10.1 Å². The van der Waals surface area contributed by atoms with Crippen molar-refractivity contribution in [1.82, 2.24) is 4.98 Å².